The molecule has 0 aliphatic rings. The number of ether oxygens (including phenoxy) is 1. The molecule has 0 saturated heterocycles. The van der Waals surface area contributed by atoms with Crippen molar-refractivity contribution < 1.29 is 9.13 Å². The normalized spacial score (nSPS) is 11.2. The van der Waals surface area contributed by atoms with Gasteiger partial charge in [0.15, 0.2) is 0 Å². The molecule has 4 nitrogen and oxygen atoms in total. The van der Waals surface area contributed by atoms with Gasteiger partial charge in [-0.3, -0.25) is 0 Å². The van der Waals surface area contributed by atoms with Crippen molar-refractivity contribution in [1.82, 2.24) is 15.0 Å². The van der Waals surface area contributed by atoms with E-state index in [1.807, 2.05) is 0 Å². The lowest BCUT2D eigenvalue weighted by molar-refractivity contribution is 0.189. The van der Waals surface area contributed by atoms with Gasteiger partial charge in [0.25, 0.3) is 0 Å². The highest BCUT2D eigenvalue weighted by atomic mass is 35.5. The molecule has 0 aliphatic heterocycles. The molecule has 0 N–H and O–H groups in total. The third-order valence-corrected chi connectivity index (χ3v) is 2.56. The van der Waals surface area contributed by atoms with Crippen LogP contribution in [0, 0.1) is 5.82 Å². The van der Waals surface area contributed by atoms with E-state index in [-0.39, 0.29) is 5.02 Å². The summed E-state index contributed by atoms with van der Waals surface area (Å²) in [6, 6.07) is 2.83. The van der Waals surface area contributed by atoms with Gasteiger partial charge in [-0.2, -0.15) is 0 Å². The molecule has 0 atom stereocenters. The lowest BCUT2D eigenvalue weighted by atomic mass is 10.3. The van der Waals surface area contributed by atoms with Crippen LogP contribution in [0.3, 0.4) is 0 Å². The maximum Gasteiger partial charge on any atom is 0.144 e. The third-order valence-electron chi connectivity index (χ3n) is 2.27. The Morgan fingerprint density at radius 2 is 2.31 bits per heavy atom. The number of methoxy groups -OCH3 is 1. The van der Waals surface area contributed by atoms with Crippen molar-refractivity contribution in [3.8, 4) is 0 Å². The second kappa shape index (κ2) is 4.76. The van der Waals surface area contributed by atoms with Gasteiger partial charge in [0.1, 0.15) is 11.3 Å². The van der Waals surface area contributed by atoms with Gasteiger partial charge in [-0.15, -0.1) is 5.10 Å². The fourth-order valence-electron chi connectivity index (χ4n) is 1.49. The van der Waals surface area contributed by atoms with Crippen molar-refractivity contribution in [2.24, 2.45) is 0 Å². The predicted octanol–water partition coefficient (Wildman–Crippen LogP) is 2.26. The first-order valence-corrected chi connectivity index (χ1v) is 5.27. The molecule has 0 bridgehead atoms. The minimum Gasteiger partial charge on any atom is -0.385 e. The van der Waals surface area contributed by atoms with Crippen LogP contribution in [0.15, 0.2) is 12.1 Å². The molecule has 0 saturated carbocycles. The maximum absolute atomic E-state index is 13.1. The number of nitrogens with zero attached hydrogens (tertiary/aromatic N) is 3. The number of rotatable bonds is 4. The van der Waals surface area contributed by atoms with Gasteiger partial charge in [-0.1, -0.05) is 16.8 Å². The molecule has 1 aromatic carbocycles. The molecule has 2 aromatic rings. The molecule has 0 fully saturated rings. The van der Waals surface area contributed by atoms with E-state index in [0.717, 1.165) is 11.9 Å². The summed E-state index contributed by atoms with van der Waals surface area (Å²) in [4.78, 5) is 0. The number of hydrogen-bond acceptors (Lipinski definition) is 3. The quantitative estimate of drug-likeness (QED) is 0.774. The van der Waals surface area contributed by atoms with Crippen LogP contribution >= 0.6 is 11.6 Å². The van der Waals surface area contributed by atoms with Crippen LogP contribution in [0.25, 0.3) is 11.0 Å². The van der Waals surface area contributed by atoms with E-state index in [9.17, 15) is 4.39 Å². The molecule has 0 aliphatic carbocycles. The van der Waals surface area contributed by atoms with E-state index in [4.69, 9.17) is 16.3 Å². The number of hydrogen-bond donors (Lipinski definition) is 0. The van der Waals surface area contributed by atoms with E-state index in [2.05, 4.69) is 10.3 Å². The molecular weight excluding hydrogens is 233 g/mol. The van der Waals surface area contributed by atoms with Crippen LogP contribution in [-0.4, -0.2) is 28.7 Å². The third kappa shape index (κ3) is 2.15. The fourth-order valence-corrected chi connectivity index (χ4v) is 1.64. The fraction of sp³-hybridized carbons (Fsp3) is 0.400. The highest BCUT2D eigenvalue weighted by molar-refractivity contribution is 6.31. The number of fused-ring (bicyclic) bond motifs is 1. The predicted molar refractivity (Wildman–Crippen MR) is 59.0 cm³/mol. The highest BCUT2D eigenvalue weighted by Crippen LogP contribution is 2.21. The summed E-state index contributed by atoms with van der Waals surface area (Å²) < 4.78 is 19.8. The minimum absolute atomic E-state index is 0.0859. The lowest BCUT2D eigenvalue weighted by Crippen LogP contribution is -2.03. The molecule has 1 heterocycles. The average Bonchev–Trinajstić information content (AvgIpc) is 2.63. The topological polar surface area (TPSA) is 39.9 Å². The Balaban J connectivity index is 2.29. The van der Waals surface area contributed by atoms with Crippen LogP contribution in [-0.2, 0) is 11.3 Å². The molecule has 0 amide bonds. The first-order valence-electron chi connectivity index (χ1n) is 4.89. The Hall–Kier alpha value is -1.20. The van der Waals surface area contributed by atoms with Crippen molar-refractivity contribution in [3.05, 3.63) is 23.0 Å². The standard InChI is InChI=1S/C10H11ClFN3O/c1-16-4-2-3-15-10-5-7(11)8(12)6-9(10)13-14-15/h5-6H,2-4H2,1H3. The summed E-state index contributed by atoms with van der Waals surface area (Å²) >= 11 is 5.71. The summed E-state index contributed by atoms with van der Waals surface area (Å²) in [5.74, 6) is -0.474. The van der Waals surface area contributed by atoms with Crippen LogP contribution in [0.5, 0.6) is 0 Å². The monoisotopic (exact) mass is 243 g/mol. The lowest BCUT2D eigenvalue weighted by Gasteiger charge is -2.01. The van der Waals surface area contributed by atoms with Gasteiger partial charge in [-0.05, 0) is 12.5 Å². The first-order chi connectivity index (χ1) is 7.72. The Kier molecular flexibility index (Phi) is 3.36. The zero-order chi connectivity index (χ0) is 11.5. The molecule has 0 unspecified atom stereocenters. The van der Waals surface area contributed by atoms with E-state index >= 15 is 0 Å². The summed E-state index contributed by atoms with van der Waals surface area (Å²) in [7, 11) is 1.64. The van der Waals surface area contributed by atoms with Crippen molar-refractivity contribution in [1.29, 1.82) is 0 Å². The van der Waals surface area contributed by atoms with Crippen LogP contribution in [0.4, 0.5) is 4.39 Å². The second-order valence-electron chi connectivity index (χ2n) is 3.41. The summed E-state index contributed by atoms with van der Waals surface area (Å²) in [6.07, 6.45) is 0.823. The number of benzene rings is 1. The van der Waals surface area contributed by atoms with Gasteiger partial charge < -0.3 is 4.74 Å². The van der Waals surface area contributed by atoms with E-state index in [1.54, 1.807) is 17.9 Å². The van der Waals surface area contributed by atoms with Crippen molar-refractivity contribution >= 4 is 22.6 Å². The molecule has 86 valence electrons. The van der Waals surface area contributed by atoms with Crippen LogP contribution in [0.2, 0.25) is 5.02 Å². The van der Waals surface area contributed by atoms with Gasteiger partial charge in [0.05, 0.1) is 10.5 Å². The van der Waals surface area contributed by atoms with Gasteiger partial charge in [0, 0.05) is 26.3 Å². The van der Waals surface area contributed by atoms with Crippen LogP contribution in [0.1, 0.15) is 6.42 Å². The Bertz CT molecular complexity index is 500. The molecule has 0 radical (unpaired) electrons. The first kappa shape index (κ1) is 11.3. The van der Waals surface area contributed by atoms with Gasteiger partial charge >= 0.3 is 0 Å². The Morgan fingerprint density at radius 1 is 1.50 bits per heavy atom. The van der Waals surface area contributed by atoms with E-state index in [1.165, 1.54) is 6.07 Å². The molecule has 0 spiro atoms. The number of aryl methyl sites for hydroxylation is 1. The highest BCUT2D eigenvalue weighted by Gasteiger charge is 2.08. The van der Waals surface area contributed by atoms with E-state index < -0.39 is 5.82 Å². The molecular formula is C10H11ClFN3O. The van der Waals surface area contributed by atoms with Crippen molar-refractivity contribution in [2.75, 3.05) is 13.7 Å². The number of aromatic nitrogens is 3. The zero-order valence-electron chi connectivity index (χ0n) is 8.78. The Labute approximate surface area is 97.0 Å². The minimum atomic E-state index is -0.474. The second-order valence-corrected chi connectivity index (χ2v) is 3.82. The Morgan fingerprint density at radius 3 is 3.06 bits per heavy atom. The van der Waals surface area contributed by atoms with Gasteiger partial charge in [0.2, 0.25) is 0 Å². The smallest absolute Gasteiger partial charge is 0.144 e. The maximum atomic E-state index is 13.1. The zero-order valence-corrected chi connectivity index (χ0v) is 9.54. The van der Waals surface area contributed by atoms with Crippen molar-refractivity contribution in [2.45, 2.75) is 13.0 Å². The summed E-state index contributed by atoms with van der Waals surface area (Å²) in [5, 5.41) is 7.89. The SMILES string of the molecule is COCCCn1nnc2cc(F)c(Cl)cc21. The van der Waals surface area contributed by atoms with Gasteiger partial charge in [-0.25, -0.2) is 9.07 Å². The summed E-state index contributed by atoms with van der Waals surface area (Å²) in [5.41, 5.74) is 1.25. The summed E-state index contributed by atoms with van der Waals surface area (Å²) in [6.45, 7) is 1.32. The average molecular weight is 244 g/mol. The molecule has 2 rings (SSSR count). The molecule has 6 heteroatoms. The molecule has 1 aromatic heterocycles. The largest absolute Gasteiger partial charge is 0.385 e. The van der Waals surface area contributed by atoms with Crippen molar-refractivity contribution in [3.63, 3.8) is 0 Å². The molecule has 16 heavy (non-hydrogen) atoms. The van der Waals surface area contributed by atoms with Crippen LogP contribution < -0.4 is 0 Å². The van der Waals surface area contributed by atoms with E-state index in [0.29, 0.717) is 18.7 Å². The number of halogens is 2.